The Bertz CT molecular complexity index is 1080. The molecule has 1 N–H and O–H groups in total. The van der Waals surface area contributed by atoms with Crippen LogP contribution in [0.15, 0.2) is 60.9 Å². The highest BCUT2D eigenvalue weighted by Gasteiger charge is 2.32. The van der Waals surface area contributed by atoms with E-state index in [1.54, 1.807) is 35.2 Å². The van der Waals surface area contributed by atoms with Gasteiger partial charge < -0.3 is 15.0 Å². The summed E-state index contributed by atoms with van der Waals surface area (Å²) >= 11 is 0. The fourth-order valence-corrected chi connectivity index (χ4v) is 3.56. The van der Waals surface area contributed by atoms with Crippen LogP contribution in [-0.2, 0) is 11.2 Å². The average molecular weight is 388 g/mol. The van der Waals surface area contributed by atoms with Crippen molar-refractivity contribution in [2.75, 3.05) is 17.3 Å². The van der Waals surface area contributed by atoms with Crippen molar-refractivity contribution in [1.82, 2.24) is 9.97 Å². The number of fused-ring (bicyclic) bond motifs is 1. The summed E-state index contributed by atoms with van der Waals surface area (Å²) in [5, 5.41) is 3.08. The number of anilines is 3. The number of ether oxygens (including phenoxy) is 1. The molecule has 0 fully saturated rings. The van der Waals surface area contributed by atoms with E-state index < -0.39 is 5.97 Å². The number of hydrogen-bond donors (Lipinski definition) is 1. The van der Waals surface area contributed by atoms with Gasteiger partial charge in [0.1, 0.15) is 17.8 Å². The maximum Gasteiger partial charge on any atom is 0.339 e. The Labute approximate surface area is 168 Å². The first-order valence-corrected chi connectivity index (χ1v) is 9.26. The number of carbonyl (C=O) groups is 2. The molecule has 4 rings (SSSR count). The molecule has 0 bridgehead atoms. The summed E-state index contributed by atoms with van der Waals surface area (Å²) in [6.45, 7) is 2.02. The summed E-state index contributed by atoms with van der Waals surface area (Å²) in [7, 11) is 1.33. The van der Waals surface area contributed by atoms with Crippen LogP contribution in [0.5, 0.6) is 0 Å². The maximum atomic E-state index is 13.2. The smallest absolute Gasteiger partial charge is 0.339 e. The van der Waals surface area contributed by atoms with Gasteiger partial charge in [0.25, 0.3) is 5.91 Å². The van der Waals surface area contributed by atoms with E-state index >= 15 is 0 Å². The summed E-state index contributed by atoms with van der Waals surface area (Å²) < 4.78 is 4.82. The van der Waals surface area contributed by atoms with Crippen LogP contribution in [0.4, 0.5) is 17.2 Å². The molecule has 2 aromatic carbocycles. The minimum atomic E-state index is -0.457. The number of nitrogens with one attached hydrogen (secondary N) is 1. The quantitative estimate of drug-likeness (QED) is 0.688. The van der Waals surface area contributed by atoms with Crippen LogP contribution < -0.4 is 10.2 Å². The zero-order chi connectivity index (χ0) is 20.4. The molecule has 3 aromatic rings. The molecule has 0 spiro atoms. The molecule has 1 aromatic heterocycles. The number of amides is 1. The van der Waals surface area contributed by atoms with E-state index in [0.29, 0.717) is 17.1 Å². The molecule has 29 heavy (non-hydrogen) atoms. The van der Waals surface area contributed by atoms with Crippen molar-refractivity contribution in [3.63, 3.8) is 0 Å². The lowest BCUT2D eigenvalue weighted by Crippen LogP contribution is -2.36. The molecule has 1 aliphatic heterocycles. The number of hydrogen-bond acceptors (Lipinski definition) is 6. The van der Waals surface area contributed by atoms with Crippen LogP contribution in [-0.4, -0.2) is 35.0 Å². The third-order valence-electron chi connectivity index (χ3n) is 4.91. The molecule has 2 heterocycles. The molecule has 7 heteroatoms. The van der Waals surface area contributed by atoms with Gasteiger partial charge in [-0.1, -0.05) is 30.3 Å². The predicted octanol–water partition coefficient (Wildman–Crippen LogP) is 3.60. The Balaban J connectivity index is 1.62. The van der Waals surface area contributed by atoms with Gasteiger partial charge in [0.2, 0.25) is 0 Å². The minimum absolute atomic E-state index is 0.0475. The fourth-order valence-electron chi connectivity index (χ4n) is 3.56. The maximum absolute atomic E-state index is 13.2. The van der Waals surface area contributed by atoms with Crippen LogP contribution in [0, 0.1) is 0 Å². The number of carbonyl (C=O) groups excluding carboxylic acids is 2. The van der Waals surface area contributed by atoms with Crippen molar-refractivity contribution in [2.45, 2.75) is 19.4 Å². The van der Waals surface area contributed by atoms with Gasteiger partial charge in [0.05, 0.1) is 18.4 Å². The largest absolute Gasteiger partial charge is 0.465 e. The molecule has 0 saturated carbocycles. The number of para-hydroxylation sites is 2. The summed E-state index contributed by atoms with van der Waals surface area (Å²) in [6, 6.07) is 16.5. The Hall–Kier alpha value is -3.74. The lowest BCUT2D eigenvalue weighted by molar-refractivity contribution is 0.0601. The second-order valence-corrected chi connectivity index (χ2v) is 6.81. The van der Waals surface area contributed by atoms with Crippen LogP contribution in [0.3, 0.4) is 0 Å². The van der Waals surface area contributed by atoms with Crippen LogP contribution in [0.25, 0.3) is 0 Å². The number of aromatic nitrogens is 2. The molecular formula is C22H20N4O3. The lowest BCUT2D eigenvalue weighted by atomic mass is 10.1. The first-order chi connectivity index (χ1) is 14.1. The van der Waals surface area contributed by atoms with Crippen LogP contribution >= 0.6 is 0 Å². The van der Waals surface area contributed by atoms with E-state index in [9.17, 15) is 9.59 Å². The second-order valence-electron chi connectivity index (χ2n) is 6.81. The number of benzene rings is 2. The standard InChI is InChI=1S/C22H20N4O3/c1-14-11-15-7-3-6-10-19(15)26(14)21(27)18-12-20(24-13-23-18)25-17-9-5-4-8-16(17)22(28)29-2/h3-10,12-14H,11H2,1-2H3,(H,23,24,25). The van der Waals surface area contributed by atoms with E-state index in [4.69, 9.17) is 4.74 Å². The first-order valence-electron chi connectivity index (χ1n) is 9.26. The summed E-state index contributed by atoms with van der Waals surface area (Å²) in [5.41, 5.74) is 3.25. The van der Waals surface area contributed by atoms with Gasteiger partial charge >= 0.3 is 5.97 Å². The van der Waals surface area contributed by atoms with Crippen molar-refractivity contribution < 1.29 is 14.3 Å². The number of nitrogens with zero attached hydrogens (tertiary/aromatic N) is 3. The topological polar surface area (TPSA) is 84.4 Å². The van der Waals surface area contributed by atoms with E-state index in [1.165, 1.54) is 13.4 Å². The molecule has 1 atom stereocenters. The van der Waals surface area contributed by atoms with Gasteiger partial charge in [-0.3, -0.25) is 4.79 Å². The number of rotatable bonds is 4. The Morgan fingerprint density at radius 1 is 1.10 bits per heavy atom. The number of methoxy groups -OCH3 is 1. The first kappa shape index (κ1) is 18.6. The minimum Gasteiger partial charge on any atom is -0.465 e. The number of esters is 1. The second kappa shape index (κ2) is 7.71. The van der Waals surface area contributed by atoms with Gasteiger partial charge in [-0.25, -0.2) is 14.8 Å². The molecule has 0 aliphatic carbocycles. The fraction of sp³-hybridized carbons (Fsp3) is 0.182. The highest BCUT2D eigenvalue weighted by molar-refractivity contribution is 6.07. The van der Waals surface area contributed by atoms with Gasteiger partial charge in [-0.05, 0) is 37.1 Å². The average Bonchev–Trinajstić information content (AvgIpc) is 3.09. The van der Waals surface area contributed by atoms with E-state index in [0.717, 1.165) is 17.7 Å². The molecule has 7 nitrogen and oxygen atoms in total. The Morgan fingerprint density at radius 2 is 1.86 bits per heavy atom. The van der Waals surface area contributed by atoms with Crippen molar-refractivity contribution >= 4 is 29.1 Å². The van der Waals surface area contributed by atoms with Crippen LogP contribution in [0.1, 0.15) is 33.3 Å². The van der Waals surface area contributed by atoms with E-state index in [-0.39, 0.29) is 17.6 Å². The molecule has 0 radical (unpaired) electrons. The van der Waals surface area contributed by atoms with Crippen molar-refractivity contribution in [1.29, 1.82) is 0 Å². The zero-order valence-corrected chi connectivity index (χ0v) is 16.1. The third kappa shape index (κ3) is 3.54. The summed E-state index contributed by atoms with van der Waals surface area (Å²) in [4.78, 5) is 35.3. The van der Waals surface area contributed by atoms with Gasteiger partial charge in [0, 0.05) is 17.8 Å². The predicted molar refractivity (Wildman–Crippen MR) is 110 cm³/mol. The Kier molecular flexibility index (Phi) is 4.95. The highest BCUT2D eigenvalue weighted by Crippen LogP contribution is 2.33. The Morgan fingerprint density at radius 3 is 2.69 bits per heavy atom. The SMILES string of the molecule is COC(=O)c1ccccc1Nc1cc(C(=O)N2c3ccccc3CC2C)ncn1. The highest BCUT2D eigenvalue weighted by atomic mass is 16.5. The van der Waals surface area contributed by atoms with Crippen molar-refractivity contribution in [2.24, 2.45) is 0 Å². The third-order valence-corrected chi connectivity index (χ3v) is 4.91. The van der Waals surface area contributed by atoms with Gasteiger partial charge in [-0.2, -0.15) is 0 Å². The van der Waals surface area contributed by atoms with E-state index in [2.05, 4.69) is 15.3 Å². The summed E-state index contributed by atoms with van der Waals surface area (Å²) in [6.07, 6.45) is 2.15. The van der Waals surface area contributed by atoms with Gasteiger partial charge in [-0.15, -0.1) is 0 Å². The van der Waals surface area contributed by atoms with Crippen molar-refractivity contribution in [3.8, 4) is 0 Å². The molecular weight excluding hydrogens is 368 g/mol. The summed E-state index contributed by atoms with van der Waals surface area (Å²) in [5.74, 6) is -0.227. The molecule has 0 saturated heterocycles. The van der Waals surface area contributed by atoms with Gasteiger partial charge in [0.15, 0.2) is 0 Å². The van der Waals surface area contributed by atoms with Crippen molar-refractivity contribution in [3.05, 3.63) is 77.7 Å². The monoisotopic (exact) mass is 388 g/mol. The molecule has 1 aliphatic rings. The molecule has 1 unspecified atom stereocenters. The van der Waals surface area contributed by atoms with E-state index in [1.807, 2.05) is 31.2 Å². The molecule has 1 amide bonds. The normalized spacial score (nSPS) is 15.0. The zero-order valence-electron chi connectivity index (χ0n) is 16.1. The lowest BCUT2D eigenvalue weighted by Gasteiger charge is -2.22. The van der Waals surface area contributed by atoms with Crippen LogP contribution in [0.2, 0.25) is 0 Å². The molecule has 146 valence electrons.